The number of nitrogens with two attached hydrogens (primary N) is 1. The molecule has 1 aromatic rings. The minimum absolute atomic E-state index is 0.681. The van der Waals surface area contributed by atoms with Gasteiger partial charge in [0.05, 0.1) is 12.2 Å². The van der Waals surface area contributed by atoms with Gasteiger partial charge >= 0.3 is 0 Å². The van der Waals surface area contributed by atoms with Crippen molar-refractivity contribution in [2.45, 2.75) is 0 Å². The normalized spacial score (nSPS) is 14.6. The van der Waals surface area contributed by atoms with Crippen molar-refractivity contribution in [3.63, 3.8) is 0 Å². The van der Waals surface area contributed by atoms with Crippen LogP contribution < -0.4 is 10.6 Å². The fraction of sp³-hybridized carbons (Fsp3) is 0.111. The summed E-state index contributed by atoms with van der Waals surface area (Å²) in [6.45, 7) is 0.681. The number of para-hydroxylation sites is 1. The topological polar surface area (TPSA) is 42.9 Å². The predicted molar refractivity (Wildman–Crippen MR) is 48.1 cm³/mol. The standard InChI is InChI=1S/C9H10N2O/c12-10-11-7-3-5-8-4-1-2-6-9(8)11/h1-6H,7,10H2. The predicted octanol–water partition coefficient (Wildman–Crippen LogP) is 0.496. The number of hydrogen-bond acceptors (Lipinski definition) is 2. The molecule has 0 saturated carbocycles. The lowest BCUT2D eigenvalue weighted by Crippen LogP contribution is -2.89. The molecule has 0 radical (unpaired) electrons. The summed E-state index contributed by atoms with van der Waals surface area (Å²) in [5.74, 6) is 0. The van der Waals surface area contributed by atoms with Crippen molar-refractivity contribution < 1.29 is 5.59 Å². The third-order valence-corrected chi connectivity index (χ3v) is 1.97. The van der Waals surface area contributed by atoms with Crippen LogP contribution in [0.15, 0.2) is 30.3 Å². The summed E-state index contributed by atoms with van der Waals surface area (Å²) in [6.07, 6.45) is 4.02. The van der Waals surface area contributed by atoms with Crippen LogP contribution in [0.4, 0.5) is 5.69 Å². The van der Waals surface area contributed by atoms with Crippen molar-refractivity contribution in [2.75, 3.05) is 11.6 Å². The van der Waals surface area contributed by atoms with Gasteiger partial charge in [0, 0.05) is 5.56 Å². The lowest BCUT2D eigenvalue weighted by atomic mass is 10.1. The van der Waals surface area contributed by atoms with Crippen LogP contribution >= 0.6 is 0 Å². The van der Waals surface area contributed by atoms with Gasteiger partial charge in [-0.15, -0.1) is 0 Å². The lowest BCUT2D eigenvalue weighted by molar-refractivity contribution is -0.601. The molecular formula is C9H10N2O. The van der Waals surface area contributed by atoms with E-state index in [-0.39, 0.29) is 0 Å². The summed E-state index contributed by atoms with van der Waals surface area (Å²) >= 11 is 0. The van der Waals surface area contributed by atoms with Crippen molar-refractivity contribution in [3.05, 3.63) is 41.1 Å². The van der Waals surface area contributed by atoms with E-state index in [1.807, 2.05) is 36.4 Å². The average molecular weight is 162 g/mol. The summed E-state index contributed by atoms with van der Waals surface area (Å²) in [6, 6.07) is 7.86. The number of benzene rings is 1. The zero-order valence-electron chi connectivity index (χ0n) is 6.60. The van der Waals surface area contributed by atoms with Crippen LogP contribution in [0.5, 0.6) is 0 Å². The Bertz CT molecular complexity index is 309. The molecular weight excluding hydrogens is 152 g/mol. The summed E-state index contributed by atoms with van der Waals surface area (Å²) in [5, 5.41) is 12.3. The highest BCUT2D eigenvalue weighted by Gasteiger charge is 2.11. The van der Waals surface area contributed by atoms with Crippen LogP contribution in [0.1, 0.15) is 5.56 Å². The van der Waals surface area contributed by atoms with E-state index in [1.54, 1.807) is 5.01 Å². The van der Waals surface area contributed by atoms with Crippen LogP contribution in [0, 0.1) is 5.21 Å². The second kappa shape index (κ2) is 2.97. The van der Waals surface area contributed by atoms with Gasteiger partial charge in [0.1, 0.15) is 0 Å². The second-order valence-corrected chi connectivity index (χ2v) is 2.72. The van der Waals surface area contributed by atoms with Crippen LogP contribution in [0.25, 0.3) is 6.08 Å². The van der Waals surface area contributed by atoms with Crippen molar-refractivity contribution >= 4 is 11.8 Å². The molecule has 2 N–H and O–H groups in total. The molecule has 0 fully saturated rings. The third kappa shape index (κ3) is 1.09. The van der Waals surface area contributed by atoms with E-state index in [1.165, 1.54) is 0 Å². The van der Waals surface area contributed by atoms with Crippen molar-refractivity contribution in [2.24, 2.45) is 0 Å². The van der Waals surface area contributed by atoms with Crippen molar-refractivity contribution in [1.29, 1.82) is 0 Å². The zero-order chi connectivity index (χ0) is 8.39. The molecule has 0 unspecified atom stereocenters. The fourth-order valence-electron chi connectivity index (χ4n) is 1.38. The Hall–Kier alpha value is -1.32. The van der Waals surface area contributed by atoms with Gasteiger partial charge in [0.25, 0.3) is 0 Å². The minimum Gasteiger partial charge on any atom is -0.609 e. The maximum atomic E-state index is 10.6. The second-order valence-electron chi connectivity index (χ2n) is 2.72. The Morgan fingerprint density at radius 3 is 3.00 bits per heavy atom. The molecule has 1 aromatic carbocycles. The molecule has 0 aromatic heterocycles. The quantitative estimate of drug-likeness (QED) is 0.482. The molecule has 0 bridgehead atoms. The Morgan fingerprint density at radius 2 is 2.17 bits per heavy atom. The first kappa shape index (κ1) is 7.34. The molecule has 2 rings (SSSR count). The van der Waals surface area contributed by atoms with E-state index in [9.17, 15) is 5.21 Å². The number of rotatable bonds is 1. The van der Waals surface area contributed by atoms with Gasteiger partial charge in [-0.3, -0.25) is 5.59 Å². The van der Waals surface area contributed by atoms with E-state index in [4.69, 9.17) is 0 Å². The minimum atomic E-state index is 0.681. The molecule has 1 aliphatic rings. The van der Waals surface area contributed by atoms with Gasteiger partial charge in [-0.2, -0.15) is 0 Å². The molecule has 0 saturated heterocycles. The monoisotopic (exact) mass is 162 g/mol. The van der Waals surface area contributed by atoms with E-state index in [0.29, 0.717) is 6.54 Å². The van der Waals surface area contributed by atoms with E-state index in [0.717, 1.165) is 16.8 Å². The molecule has 0 amide bonds. The summed E-state index contributed by atoms with van der Waals surface area (Å²) in [4.78, 5) is 0. The smallest absolute Gasteiger partial charge is 0.0958 e. The van der Waals surface area contributed by atoms with Crippen molar-refractivity contribution in [1.82, 2.24) is 0 Å². The highest BCUT2D eigenvalue weighted by atomic mass is 16.5. The third-order valence-electron chi connectivity index (χ3n) is 1.97. The highest BCUT2D eigenvalue weighted by molar-refractivity contribution is 5.69. The van der Waals surface area contributed by atoms with Crippen LogP contribution in [0.2, 0.25) is 0 Å². The molecule has 0 atom stereocenters. The largest absolute Gasteiger partial charge is 0.609 e. The first-order valence-electron chi connectivity index (χ1n) is 3.89. The van der Waals surface area contributed by atoms with Gasteiger partial charge in [-0.05, 0) is 6.07 Å². The SMILES string of the molecule is [O-][NH2+]N1CC=Cc2ccccc21. The van der Waals surface area contributed by atoms with Gasteiger partial charge < -0.3 is 5.21 Å². The summed E-state index contributed by atoms with van der Waals surface area (Å²) in [5.41, 5.74) is 2.97. The number of fused-ring (bicyclic) bond motifs is 1. The highest BCUT2D eigenvalue weighted by Crippen LogP contribution is 2.21. The lowest BCUT2D eigenvalue weighted by Gasteiger charge is -2.25. The van der Waals surface area contributed by atoms with E-state index >= 15 is 0 Å². The van der Waals surface area contributed by atoms with Gasteiger partial charge in [-0.1, -0.05) is 30.4 Å². The Balaban J connectivity index is 2.45. The van der Waals surface area contributed by atoms with Gasteiger partial charge in [0.2, 0.25) is 0 Å². The number of nitrogens with zero attached hydrogens (tertiary/aromatic N) is 1. The van der Waals surface area contributed by atoms with E-state index < -0.39 is 0 Å². The average Bonchev–Trinajstić information content (AvgIpc) is 2.17. The van der Waals surface area contributed by atoms with Crippen LogP contribution in [-0.2, 0) is 0 Å². The fourth-order valence-corrected chi connectivity index (χ4v) is 1.38. The molecule has 1 aliphatic heterocycles. The summed E-state index contributed by atoms with van der Waals surface area (Å²) < 4.78 is 0. The first-order valence-corrected chi connectivity index (χ1v) is 3.89. The van der Waals surface area contributed by atoms with Gasteiger partial charge in [0.15, 0.2) is 0 Å². The molecule has 62 valence electrons. The molecule has 1 heterocycles. The maximum absolute atomic E-state index is 10.6. The maximum Gasteiger partial charge on any atom is 0.0958 e. The molecule has 0 aliphatic carbocycles. The van der Waals surface area contributed by atoms with Crippen LogP contribution in [0.3, 0.4) is 0 Å². The zero-order valence-corrected chi connectivity index (χ0v) is 6.60. The number of hydrogen-bond donors (Lipinski definition) is 1. The molecule has 0 spiro atoms. The number of anilines is 1. The Kier molecular flexibility index (Phi) is 1.81. The molecule has 12 heavy (non-hydrogen) atoms. The Morgan fingerprint density at radius 1 is 1.33 bits per heavy atom. The molecule has 3 nitrogen and oxygen atoms in total. The van der Waals surface area contributed by atoms with Crippen LogP contribution in [-0.4, -0.2) is 6.54 Å². The van der Waals surface area contributed by atoms with Gasteiger partial charge in [-0.25, -0.2) is 5.01 Å². The Labute approximate surface area is 70.9 Å². The number of quaternary nitrogens is 1. The summed E-state index contributed by atoms with van der Waals surface area (Å²) in [7, 11) is 0. The molecule has 3 heteroatoms. The first-order chi connectivity index (χ1) is 5.92. The van der Waals surface area contributed by atoms with Crippen molar-refractivity contribution in [3.8, 4) is 0 Å². The van der Waals surface area contributed by atoms with E-state index in [2.05, 4.69) is 0 Å².